The minimum atomic E-state index is 0.189. The van der Waals surface area contributed by atoms with Crippen LogP contribution in [-0.4, -0.2) is 29.4 Å². The highest BCUT2D eigenvalue weighted by Gasteiger charge is 2.24. The molecule has 1 aliphatic heterocycles. The first-order chi connectivity index (χ1) is 7.22. The number of aryl methyl sites for hydroxylation is 1. The van der Waals surface area contributed by atoms with E-state index in [0.29, 0.717) is 5.75 Å². The summed E-state index contributed by atoms with van der Waals surface area (Å²) < 4.78 is 0. The van der Waals surface area contributed by atoms with Crippen LogP contribution in [0.5, 0.6) is 5.75 Å². The summed E-state index contributed by atoms with van der Waals surface area (Å²) in [5, 5.41) is 18.8. The summed E-state index contributed by atoms with van der Waals surface area (Å²) in [6.45, 7) is 3.04. The van der Waals surface area contributed by atoms with E-state index in [2.05, 4.69) is 4.90 Å². The van der Waals surface area contributed by atoms with E-state index in [1.54, 1.807) is 6.07 Å². The van der Waals surface area contributed by atoms with Gasteiger partial charge in [-0.3, -0.25) is 0 Å². The average Bonchev–Trinajstić information content (AvgIpc) is 2.70. The molecule has 0 radical (unpaired) electrons. The minimum absolute atomic E-state index is 0.189. The third kappa shape index (κ3) is 1.92. The molecule has 0 spiro atoms. The lowest BCUT2D eigenvalue weighted by molar-refractivity contribution is 0.266. The number of phenols is 1. The van der Waals surface area contributed by atoms with Gasteiger partial charge in [-0.15, -0.1) is 0 Å². The van der Waals surface area contributed by atoms with Crippen molar-refractivity contribution in [2.75, 3.05) is 18.1 Å². The van der Waals surface area contributed by atoms with Crippen LogP contribution in [0.2, 0.25) is 0 Å². The number of hydrogen-bond donors (Lipinski definition) is 2. The minimum Gasteiger partial charge on any atom is -0.508 e. The van der Waals surface area contributed by atoms with E-state index in [4.69, 9.17) is 0 Å². The van der Waals surface area contributed by atoms with Crippen molar-refractivity contribution < 1.29 is 10.2 Å². The lowest BCUT2D eigenvalue weighted by atomic mass is 10.1. The molecular formula is C12H17NO2. The van der Waals surface area contributed by atoms with E-state index >= 15 is 0 Å². The molecule has 82 valence electrons. The molecule has 3 heteroatoms. The number of aliphatic hydroxyl groups is 1. The molecule has 0 amide bonds. The Hall–Kier alpha value is -1.22. The highest BCUT2D eigenvalue weighted by molar-refractivity contribution is 5.54. The molecule has 1 aliphatic rings. The standard InChI is InChI=1S/C12H17NO2/c1-9-4-5-10(7-12(9)15)13-6-2-3-11(13)8-14/h4-5,7,11,14-15H,2-3,6,8H2,1H3. The summed E-state index contributed by atoms with van der Waals surface area (Å²) in [6, 6.07) is 5.91. The zero-order chi connectivity index (χ0) is 10.8. The summed E-state index contributed by atoms with van der Waals surface area (Å²) in [4.78, 5) is 2.17. The molecule has 0 aromatic heterocycles. The molecule has 0 saturated carbocycles. The second-order valence-electron chi connectivity index (χ2n) is 4.14. The maximum Gasteiger partial charge on any atom is 0.120 e. The summed E-state index contributed by atoms with van der Waals surface area (Å²) in [5.41, 5.74) is 1.90. The molecule has 1 unspecified atom stereocenters. The van der Waals surface area contributed by atoms with Gasteiger partial charge in [0.25, 0.3) is 0 Å². The molecule has 1 aromatic carbocycles. The van der Waals surface area contributed by atoms with Crippen LogP contribution in [0.4, 0.5) is 5.69 Å². The Morgan fingerprint density at radius 3 is 2.93 bits per heavy atom. The third-order valence-electron chi connectivity index (χ3n) is 3.11. The molecule has 1 aromatic rings. The van der Waals surface area contributed by atoms with Gasteiger partial charge in [-0.1, -0.05) is 6.07 Å². The van der Waals surface area contributed by atoms with E-state index in [1.807, 2.05) is 19.1 Å². The van der Waals surface area contributed by atoms with Crippen LogP contribution in [0.25, 0.3) is 0 Å². The Morgan fingerprint density at radius 1 is 1.47 bits per heavy atom. The van der Waals surface area contributed by atoms with Crippen LogP contribution in [0.1, 0.15) is 18.4 Å². The van der Waals surface area contributed by atoms with Gasteiger partial charge in [0, 0.05) is 18.3 Å². The fourth-order valence-electron chi connectivity index (χ4n) is 2.14. The van der Waals surface area contributed by atoms with E-state index in [-0.39, 0.29) is 12.6 Å². The maximum absolute atomic E-state index is 9.63. The third-order valence-corrected chi connectivity index (χ3v) is 3.11. The summed E-state index contributed by atoms with van der Waals surface area (Å²) in [7, 11) is 0. The topological polar surface area (TPSA) is 43.7 Å². The van der Waals surface area contributed by atoms with Crippen molar-refractivity contribution >= 4 is 5.69 Å². The van der Waals surface area contributed by atoms with Crippen molar-refractivity contribution in [2.45, 2.75) is 25.8 Å². The molecule has 1 heterocycles. The smallest absolute Gasteiger partial charge is 0.120 e. The zero-order valence-corrected chi connectivity index (χ0v) is 8.98. The van der Waals surface area contributed by atoms with Crippen LogP contribution in [0.3, 0.4) is 0 Å². The Bertz CT molecular complexity index is 351. The highest BCUT2D eigenvalue weighted by Crippen LogP contribution is 2.29. The van der Waals surface area contributed by atoms with Crippen LogP contribution in [0, 0.1) is 6.92 Å². The number of aliphatic hydroxyl groups excluding tert-OH is 1. The predicted molar refractivity (Wildman–Crippen MR) is 60.3 cm³/mol. The number of phenolic OH excluding ortho intramolecular Hbond substituents is 1. The fraction of sp³-hybridized carbons (Fsp3) is 0.500. The van der Waals surface area contributed by atoms with Gasteiger partial charge in [0.2, 0.25) is 0 Å². The predicted octanol–water partition coefficient (Wildman–Crippen LogP) is 1.66. The maximum atomic E-state index is 9.63. The first-order valence-corrected chi connectivity index (χ1v) is 5.39. The molecule has 3 nitrogen and oxygen atoms in total. The van der Waals surface area contributed by atoms with E-state index in [1.165, 1.54) is 0 Å². The molecule has 1 atom stereocenters. The van der Waals surface area contributed by atoms with Gasteiger partial charge in [0.15, 0.2) is 0 Å². The monoisotopic (exact) mass is 207 g/mol. The SMILES string of the molecule is Cc1ccc(N2CCCC2CO)cc1O. The Labute approximate surface area is 90.0 Å². The molecular weight excluding hydrogens is 190 g/mol. The number of hydrogen-bond acceptors (Lipinski definition) is 3. The summed E-state index contributed by atoms with van der Waals surface area (Å²) in [5.74, 6) is 0.330. The Morgan fingerprint density at radius 2 is 2.27 bits per heavy atom. The van der Waals surface area contributed by atoms with E-state index < -0.39 is 0 Å². The van der Waals surface area contributed by atoms with Crippen molar-refractivity contribution in [1.82, 2.24) is 0 Å². The molecule has 15 heavy (non-hydrogen) atoms. The fourth-order valence-corrected chi connectivity index (χ4v) is 2.14. The summed E-state index contributed by atoms with van der Waals surface area (Å²) in [6.07, 6.45) is 2.14. The van der Waals surface area contributed by atoms with Gasteiger partial charge < -0.3 is 15.1 Å². The van der Waals surface area contributed by atoms with E-state index in [0.717, 1.165) is 30.6 Å². The molecule has 1 fully saturated rings. The molecule has 2 N–H and O–H groups in total. The quantitative estimate of drug-likeness (QED) is 0.775. The number of anilines is 1. The number of rotatable bonds is 2. The van der Waals surface area contributed by atoms with Crippen molar-refractivity contribution in [2.24, 2.45) is 0 Å². The second-order valence-corrected chi connectivity index (χ2v) is 4.14. The van der Waals surface area contributed by atoms with Gasteiger partial charge in [-0.05, 0) is 31.4 Å². The first kappa shape index (κ1) is 10.3. The highest BCUT2D eigenvalue weighted by atomic mass is 16.3. The summed E-state index contributed by atoms with van der Waals surface area (Å²) >= 11 is 0. The average molecular weight is 207 g/mol. The molecule has 2 rings (SSSR count). The zero-order valence-electron chi connectivity index (χ0n) is 8.98. The van der Waals surface area contributed by atoms with Crippen molar-refractivity contribution in [1.29, 1.82) is 0 Å². The van der Waals surface area contributed by atoms with Crippen molar-refractivity contribution in [3.63, 3.8) is 0 Å². The van der Waals surface area contributed by atoms with Crippen molar-refractivity contribution in [3.05, 3.63) is 23.8 Å². The second kappa shape index (κ2) is 4.11. The van der Waals surface area contributed by atoms with Gasteiger partial charge in [-0.2, -0.15) is 0 Å². The van der Waals surface area contributed by atoms with Crippen LogP contribution in [-0.2, 0) is 0 Å². The molecule has 0 aliphatic carbocycles. The largest absolute Gasteiger partial charge is 0.508 e. The lowest BCUT2D eigenvalue weighted by Gasteiger charge is -2.25. The van der Waals surface area contributed by atoms with Gasteiger partial charge in [-0.25, -0.2) is 0 Å². The number of aromatic hydroxyl groups is 1. The van der Waals surface area contributed by atoms with E-state index in [9.17, 15) is 10.2 Å². The van der Waals surface area contributed by atoms with Crippen LogP contribution in [0.15, 0.2) is 18.2 Å². The van der Waals surface area contributed by atoms with Crippen LogP contribution < -0.4 is 4.90 Å². The molecule has 1 saturated heterocycles. The normalized spacial score (nSPS) is 20.9. The number of benzene rings is 1. The van der Waals surface area contributed by atoms with Crippen LogP contribution >= 0.6 is 0 Å². The molecule has 0 bridgehead atoms. The number of nitrogens with zero attached hydrogens (tertiary/aromatic N) is 1. The Balaban J connectivity index is 2.25. The Kier molecular flexibility index (Phi) is 2.82. The first-order valence-electron chi connectivity index (χ1n) is 5.39. The van der Waals surface area contributed by atoms with Gasteiger partial charge in [0.05, 0.1) is 12.6 Å². The van der Waals surface area contributed by atoms with Gasteiger partial charge in [0.1, 0.15) is 5.75 Å². The van der Waals surface area contributed by atoms with Crippen molar-refractivity contribution in [3.8, 4) is 5.75 Å². The van der Waals surface area contributed by atoms with Gasteiger partial charge >= 0.3 is 0 Å². The lowest BCUT2D eigenvalue weighted by Crippen LogP contribution is -2.31.